The first-order valence-electron chi connectivity index (χ1n) is 26.7. The van der Waals surface area contributed by atoms with Crippen LogP contribution in [0.2, 0.25) is 5.15 Å². The fraction of sp³-hybridized carbons (Fsp3) is 0.400. The molecular weight excluding hydrogens is 1200 g/mol. The number of ether oxygens (including phenoxy) is 4. The minimum Gasteiger partial charge on any atom is -0.399 e. The average molecular weight is 1260 g/mol. The lowest BCUT2D eigenvalue weighted by atomic mass is 9.78. The predicted octanol–water partition coefficient (Wildman–Crippen LogP) is 13.5. The van der Waals surface area contributed by atoms with Gasteiger partial charge in [0.05, 0.1) is 27.7 Å². The molecule has 5 aliphatic rings. The third kappa shape index (κ3) is 12.6. The van der Waals surface area contributed by atoms with Crippen molar-refractivity contribution in [3.8, 4) is 34.3 Å². The predicted molar refractivity (Wildman–Crippen MR) is 287 cm³/mol. The molecule has 12 nitrogen and oxygen atoms in total. The Morgan fingerprint density at radius 2 is 0.943 bits per heavy atom. The van der Waals surface area contributed by atoms with E-state index in [1.807, 2.05) is 40.7 Å². The van der Waals surface area contributed by atoms with E-state index in [9.17, 15) is 76.9 Å². The highest BCUT2D eigenvalue weighted by molar-refractivity contribution is 6.62. The molecule has 11 rings (SSSR count). The summed E-state index contributed by atoms with van der Waals surface area (Å²) in [6, 6.07) is 23.9. The van der Waals surface area contributed by atoms with Crippen LogP contribution >= 0.6 is 11.6 Å². The highest BCUT2D eigenvalue weighted by atomic mass is 35.5. The normalized spacial score (nSPS) is 19.4. The van der Waals surface area contributed by atoms with E-state index >= 15 is 0 Å². The summed E-state index contributed by atoms with van der Waals surface area (Å²) in [7, 11) is -0.644. The van der Waals surface area contributed by atoms with Crippen molar-refractivity contribution >= 4 is 35.7 Å². The van der Waals surface area contributed by atoms with Crippen molar-refractivity contribution in [1.82, 2.24) is 9.97 Å². The largest absolute Gasteiger partial charge is 0.586 e. The van der Waals surface area contributed by atoms with Gasteiger partial charge in [-0.25, -0.2) is 4.98 Å². The van der Waals surface area contributed by atoms with Gasteiger partial charge in [0.2, 0.25) is 0 Å². The summed E-state index contributed by atoms with van der Waals surface area (Å²) in [4.78, 5) is 34.8. The molecule has 87 heavy (non-hydrogen) atoms. The summed E-state index contributed by atoms with van der Waals surface area (Å²) in [5.74, 6) is -0.677. The molecule has 2 N–H and O–H groups in total. The highest BCUT2D eigenvalue weighted by Crippen LogP contribution is 2.55. The maximum absolute atomic E-state index is 13.4. The molecule has 1 atom stereocenters. The van der Waals surface area contributed by atoms with E-state index in [-0.39, 0.29) is 69.9 Å². The molecule has 2 aromatic heterocycles. The molecule has 6 aromatic rings. The second-order valence-electron chi connectivity index (χ2n) is 23.0. The van der Waals surface area contributed by atoms with Gasteiger partial charge in [-0.2, -0.15) is 39.5 Å². The zero-order valence-corrected chi connectivity index (χ0v) is 47.8. The topological polar surface area (TPSA) is 156 Å². The van der Waals surface area contributed by atoms with Crippen LogP contribution in [0.5, 0.6) is 23.0 Å². The molecule has 3 aliphatic heterocycles. The van der Waals surface area contributed by atoms with Gasteiger partial charge < -0.3 is 38.5 Å². The molecule has 27 heteroatoms. The zero-order chi connectivity index (χ0) is 64.1. The Balaban J connectivity index is 0.000000165. The first-order chi connectivity index (χ1) is 40.0. The minimum atomic E-state index is -6.02. The van der Waals surface area contributed by atoms with Crippen molar-refractivity contribution < 1.29 is 105 Å². The van der Waals surface area contributed by atoms with Crippen molar-refractivity contribution in [2.24, 2.45) is 0 Å². The summed E-state index contributed by atoms with van der Waals surface area (Å²) in [6.45, 7) is 11.8. The Labute approximate surface area is 494 Å². The zero-order valence-electron chi connectivity index (χ0n) is 47.1. The van der Waals surface area contributed by atoms with E-state index in [1.54, 1.807) is 31.2 Å². The average Bonchev–Trinajstić information content (AvgIpc) is 1.75. The molecule has 4 aromatic carbocycles. The summed E-state index contributed by atoms with van der Waals surface area (Å²) < 4.78 is 200. The van der Waals surface area contributed by atoms with E-state index in [0.717, 1.165) is 24.6 Å². The number of nitrogens with zero attached hydrogens (tertiary/aromatic N) is 2. The molecule has 0 radical (unpaired) electrons. The van der Waals surface area contributed by atoms with Crippen LogP contribution in [-0.2, 0) is 53.8 Å². The molecular formula is C60H53BClF13N2O10. The van der Waals surface area contributed by atoms with Crippen molar-refractivity contribution in [1.29, 1.82) is 0 Å². The van der Waals surface area contributed by atoms with Gasteiger partial charge >= 0.3 is 38.2 Å². The molecule has 2 saturated carbocycles. The van der Waals surface area contributed by atoms with Gasteiger partial charge in [0.15, 0.2) is 28.6 Å². The molecule has 0 amide bonds. The first-order valence-corrected chi connectivity index (χ1v) is 27.1. The number of halogens is 14. The number of aryl methyl sites for hydroxylation is 2. The number of carbonyl (C=O) groups excluding carboxylic acids is 2. The Bertz CT molecular complexity index is 3600. The lowest BCUT2D eigenvalue weighted by Crippen LogP contribution is -2.53. The fourth-order valence-corrected chi connectivity index (χ4v) is 10.1. The fourth-order valence-electron chi connectivity index (χ4n) is 9.93. The van der Waals surface area contributed by atoms with Gasteiger partial charge in [-0.05, 0) is 144 Å². The van der Waals surface area contributed by atoms with E-state index in [1.165, 1.54) is 54.6 Å². The number of rotatable bonds is 12. The van der Waals surface area contributed by atoms with E-state index < -0.39 is 77.0 Å². The van der Waals surface area contributed by atoms with Crippen LogP contribution in [0.4, 0.5) is 57.1 Å². The van der Waals surface area contributed by atoms with E-state index in [2.05, 4.69) is 28.9 Å². The third-order valence-corrected chi connectivity index (χ3v) is 16.7. The second kappa shape index (κ2) is 21.9. The molecule has 5 heterocycles. The van der Waals surface area contributed by atoms with Crippen molar-refractivity contribution in [2.75, 3.05) is 0 Å². The Morgan fingerprint density at radius 3 is 1.34 bits per heavy atom. The monoisotopic (exact) mass is 1250 g/mol. The van der Waals surface area contributed by atoms with Gasteiger partial charge in [-0.15, -0.1) is 17.6 Å². The number of ketones is 2. The molecule has 1 unspecified atom stereocenters. The number of aliphatic hydroxyl groups is 2. The number of hydrogen-bond donors (Lipinski definition) is 2. The summed E-state index contributed by atoms with van der Waals surface area (Å²) in [5.41, 5.74) is -7.83. The summed E-state index contributed by atoms with van der Waals surface area (Å²) >= 11 is 6.01. The molecule has 2 aliphatic carbocycles. The van der Waals surface area contributed by atoms with Crippen LogP contribution in [0, 0.1) is 13.8 Å². The number of carbonyl (C=O) groups is 2. The third-order valence-electron chi connectivity index (χ3n) is 16.4. The van der Waals surface area contributed by atoms with Crippen LogP contribution in [0.25, 0.3) is 11.3 Å². The number of aromatic nitrogens is 2. The molecule has 1 saturated heterocycles. The molecule has 464 valence electrons. The smallest absolute Gasteiger partial charge is 0.399 e. The SMILES string of the molecule is CC1(C)OB(c2ccc(C(C)(O)C(F)(F)F)cc2)OC1(C)C.Cc1ccc(CC(=O)C2(c3ccc4c(c3)OC(F)(F)O4)CC2)nc1-c1ccc(C(O)(C(F)(F)F)C(F)(F)F)cc1.Cc1ccc(CC(=O)C2(c3ccc4c(c3)OC(F)(F)O4)CC2)nc1Cl. The standard InChI is InChI=1S/C27H19F8NO4.C18H14ClF2NO3.C15H20BF3O3/c1-14-2-8-18(13-21(37)23(10-11-23)17-7-9-19-20(12-17)40-27(34,35)39-19)36-22(14)15-3-5-16(6-4-15)24(38,25(28,29)30)26(31,32)33;1-10-2-4-12(22-16(10)19)9-15(23)17(6-7-17)11-3-5-13-14(8-11)25-18(20,21)24-13;1-12(2)13(3,4)22-16(21-12)11-8-6-10(7-9-11)14(5,20)15(17,18)19/h2-9,12,38H,10-11,13H2,1H3;2-5,8H,6-7,9H2,1H3;6-9,20H,1-5H3. The summed E-state index contributed by atoms with van der Waals surface area (Å²) in [5, 5.41) is 19.6. The first kappa shape index (κ1) is 64.5. The molecule has 0 bridgehead atoms. The molecule has 3 fully saturated rings. The van der Waals surface area contributed by atoms with Crippen molar-refractivity contribution in [2.45, 2.75) is 151 Å². The van der Waals surface area contributed by atoms with Crippen LogP contribution < -0.4 is 24.4 Å². The van der Waals surface area contributed by atoms with E-state index in [4.69, 9.17) is 20.9 Å². The van der Waals surface area contributed by atoms with Crippen LogP contribution in [-0.4, -0.2) is 81.2 Å². The van der Waals surface area contributed by atoms with Crippen LogP contribution in [0.1, 0.15) is 105 Å². The maximum Gasteiger partial charge on any atom is 0.586 e. The van der Waals surface area contributed by atoms with Crippen molar-refractivity contribution in [3.63, 3.8) is 0 Å². The lowest BCUT2D eigenvalue weighted by molar-refractivity contribution is -0.376. The number of alkyl halides is 13. The van der Waals surface area contributed by atoms with Crippen LogP contribution in [0.15, 0.2) is 109 Å². The number of Topliss-reactive ketones (excluding diaryl/α,β-unsaturated/α-hetero) is 2. The Kier molecular flexibility index (Phi) is 16.3. The van der Waals surface area contributed by atoms with Crippen molar-refractivity contribution in [3.05, 3.63) is 159 Å². The number of fused-ring (bicyclic) bond motifs is 2. The van der Waals surface area contributed by atoms with E-state index in [0.29, 0.717) is 70.8 Å². The van der Waals surface area contributed by atoms with Crippen LogP contribution in [0.3, 0.4) is 0 Å². The quantitative estimate of drug-likeness (QED) is 0.0680. The number of pyridine rings is 2. The summed E-state index contributed by atoms with van der Waals surface area (Å²) in [6.07, 6.45) is -22.0. The highest BCUT2D eigenvalue weighted by Gasteiger charge is 2.71. The minimum absolute atomic E-state index is 0.00875. The second-order valence-corrected chi connectivity index (χ2v) is 23.3. The molecule has 0 spiro atoms. The lowest BCUT2D eigenvalue weighted by Gasteiger charge is -2.32. The number of hydrogen-bond acceptors (Lipinski definition) is 12. The van der Waals surface area contributed by atoms with Gasteiger partial charge in [-0.3, -0.25) is 14.6 Å². The van der Waals surface area contributed by atoms with Gasteiger partial charge in [0.25, 0.3) is 5.60 Å². The Hall–Kier alpha value is -7.00. The van der Waals surface area contributed by atoms with Gasteiger partial charge in [0, 0.05) is 35.4 Å². The Morgan fingerprint density at radius 1 is 0.540 bits per heavy atom. The van der Waals surface area contributed by atoms with Gasteiger partial charge in [0.1, 0.15) is 16.7 Å². The number of benzene rings is 4. The maximum atomic E-state index is 13.4. The van der Waals surface area contributed by atoms with Gasteiger partial charge in [-0.1, -0.05) is 84.4 Å².